The largest absolute Gasteiger partial charge is 0.421 e. The summed E-state index contributed by atoms with van der Waals surface area (Å²) >= 11 is 0. The van der Waals surface area contributed by atoms with Crippen LogP contribution in [0.25, 0.3) is 6.08 Å². The van der Waals surface area contributed by atoms with E-state index in [0.717, 1.165) is 11.1 Å². The maximum atomic E-state index is 11.6. The average molecular weight is 380 g/mol. The van der Waals surface area contributed by atoms with Gasteiger partial charge >= 0.3 is 11.9 Å². The average Bonchev–Trinajstić information content (AvgIpc) is 2.60. The smallest absolute Gasteiger partial charge is 0.305 e. The van der Waals surface area contributed by atoms with Gasteiger partial charge < -0.3 is 9.47 Å². The maximum Gasteiger partial charge on any atom is 0.305 e. The van der Waals surface area contributed by atoms with Crippen molar-refractivity contribution in [3.63, 3.8) is 0 Å². The van der Waals surface area contributed by atoms with Gasteiger partial charge in [-0.1, -0.05) is 75.4 Å². The quantitative estimate of drug-likeness (QED) is 0.519. The van der Waals surface area contributed by atoms with Gasteiger partial charge in [0.2, 0.25) is 0 Å². The Morgan fingerprint density at radius 1 is 0.893 bits per heavy atom. The van der Waals surface area contributed by atoms with Crippen LogP contribution in [0.15, 0.2) is 60.2 Å². The Balaban J connectivity index is 2.41. The number of esters is 2. The molecule has 148 valence electrons. The third-order valence-corrected chi connectivity index (χ3v) is 4.23. The van der Waals surface area contributed by atoms with Crippen molar-refractivity contribution in [1.29, 1.82) is 0 Å². The van der Waals surface area contributed by atoms with E-state index in [2.05, 4.69) is 32.9 Å². The summed E-state index contributed by atoms with van der Waals surface area (Å²) in [5.74, 6) is -1.01. The molecule has 0 aliphatic heterocycles. The van der Waals surface area contributed by atoms with Crippen molar-refractivity contribution >= 4 is 18.0 Å². The van der Waals surface area contributed by atoms with E-state index in [1.165, 1.54) is 19.4 Å². The van der Waals surface area contributed by atoms with Crippen molar-refractivity contribution < 1.29 is 19.1 Å². The molecule has 0 saturated carbocycles. The lowest BCUT2D eigenvalue weighted by Gasteiger charge is -2.21. The van der Waals surface area contributed by atoms with Gasteiger partial charge in [0.1, 0.15) is 0 Å². The van der Waals surface area contributed by atoms with Gasteiger partial charge in [0, 0.05) is 25.8 Å². The summed E-state index contributed by atoms with van der Waals surface area (Å²) in [5, 5.41) is 0. The van der Waals surface area contributed by atoms with E-state index < -0.39 is 18.2 Å². The van der Waals surface area contributed by atoms with Crippen LogP contribution in [0.3, 0.4) is 0 Å². The first-order chi connectivity index (χ1) is 13.1. The highest BCUT2D eigenvalue weighted by atomic mass is 16.7. The summed E-state index contributed by atoms with van der Waals surface area (Å²) in [6.45, 7) is 9.09. The molecular formula is C24H28O4. The lowest BCUT2D eigenvalue weighted by molar-refractivity contribution is -0.178. The van der Waals surface area contributed by atoms with E-state index in [-0.39, 0.29) is 5.41 Å². The molecule has 0 radical (unpaired) electrons. The van der Waals surface area contributed by atoms with Crippen LogP contribution >= 0.6 is 0 Å². The van der Waals surface area contributed by atoms with Gasteiger partial charge in [-0.15, -0.1) is 0 Å². The van der Waals surface area contributed by atoms with Gasteiger partial charge in [-0.25, -0.2) is 0 Å². The molecule has 0 bridgehead atoms. The molecule has 0 N–H and O–H groups in total. The highest BCUT2D eigenvalue weighted by molar-refractivity contribution is 5.69. The third kappa shape index (κ3) is 6.69. The maximum absolute atomic E-state index is 11.6. The number of ether oxygens (including phenoxy) is 2. The van der Waals surface area contributed by atoms with Crippen LogP contribution in [0.2, 0.25) is 0 Å². The second-order valence-electron chi connectivity index (χ2n) is 7.80. The lowest BCUT2D eigenvalue weighted by atomic mass is 9.86. The minimum atomic E-state index is -1.06. The summed E-state index contributed by atoms with van der Waals surface area (Å²) in [4.78, 5) is 23.1. The Morgan fingerprint density at radius 3 is 1.89 bits per heavy atom. The minimum absolute atomic E-state index is 0.0626. The predicted molar refractivity (Wildman–Crippen MR) is 111 cm³/mol. The van der Waals surface area contributed by atoms with Gasteiger partial charge in [0.25, 0.3) is 6.29 Å². The van der Waals surface area contributed by atoms with Crippen LogP contribution in [0.1, 0.15) is 51.3 Å². The first-order valence-electron chi connectivity index (χ1n) is 9.34. The Labute approximate surface area is 167 Å². The fourth-order valence-corrected chi connectivity index (χ4v) is 2.80. The number of benzene rings is 2. The standard InChI is InChI=1S/C24H28O4/c1-17(25)27-23(28-18(2)26)21(15-19-9-7-6-8-10-19)16-20-11-13-22(14-12-20)24(3,4)5/h6-14,16,23H,15H2,1-5H3/b21-16+. The summed E-state index contributed by atoms with van der Waals surface area (Å²) in [6.07, 6.45) is 1.35. The van der Waals surface area contributed by atoms with E-state index >= 15 is 0 Å². The number of hydrogen-bond acceptors (Lipinski definition) is 4. The van der Waals surface area contributed by atoms with Crippen molar-refractivity contribution in [3.05, 3.63) is 76.9 Å². The van der Waals surface area contributed by atoms with Gasteiger partial charge in [-0.2, -0.15) is 0 Å². The summed E-state index contributed by atoms with van der Waals surface area (Å²) in [7, 11) is 0. The number of carbonyl (C=O) groups excluding carboxylic acids is 2. The van der Waals surface area contributed by atoms with Gasteiger partial charge in [-0.05, 0) is 28.2 Å². The molecule has 2 aromatic carbocycles. The normalized spacial score (nSPS) is 12.0. The number of hydrogen-bond donors (Lipinski definition) is 0. The molecule has 0 aliphatic rings. The number of carbonyl (C=O) groups is 2. The molecule has 0 aliphatic carbocycles. The topological polar surface area (TPSA) is 52.6 Å². The van der Waals surface area contributed by atoms with Crippen LogP contribution < -0.4 is 0 Å². The zero-order valence-electron chi connectivity index (χ0n) is 17.2. The van der Waals surface area contributed by atoms with Crippen LogP contribution in [0.4, 0.5) is 0 Å². The third-order valence-electron chi connectivity index (χ3n) is 4.23. The first-order valence-corrected chi connectivity index (χ1v) is 9.34. The summed E-state index contributed by atoms with van der Waals surface area (Å²) in [5.41, 5.74) is 3.96. The van der Waals surface area contributed by atoms with Crippen molar-refractivity contribution in [2.75, 3.05) is 0 Å². The van der Waals surface area contributed by atoms with Crippen molar-refractivity contribution in [1.82, 2.24) is 0 Å². The second kappa shape index (κ2) is 9.36. The van der Waals surface area contributed by atoms with Crippen LogP contribution in [0.5, 0.6) is 0 Å². The molecule has 0 amide bonds. The monoisotopic (exact) mass is 380 g/mol. The molecule has 4 nitrogen and oxygen atoms in total. The van der Waals surface area contributed by atoms with Gasteiger partial charge in [0.15, 0.2) is 0 Å². The predicted octanol–water partition coefficient (Wildman–Crippen LogP) is 5.06. The molecule has 0 atom stereocenters. The van der Waals surface area contributed by atoms with Crippen LogP contribution in [-0.2, 0) is 30.9 Å². The summed E-state index contributed by atoms with van der Waals surface area (Å²) in [6, 6.07) is 18.0. The first kappa shape index (κ1) is 21.4. The molecule has 0 unspecified atom stereocenters. The van der Waals surface area contributed by atoms with E-state index in [1.54, 1.807) is 0 Å². The molecule has 0 heterocycles. The van der Waals surface area contributed by atoms with E-state index in [4.69, 9.17) is 9.47 Å². The van der Waals surface area contributed by atoms with Crippen molar-refractivity contribution in [2.24, 2.45) is 0 Å². The lowest BCUT2D eigenvalue weighted by Crippen LogP contribution is -2.25. The molecule has 0 aromatic heterocycles. The Morgan fingerprint density at radius 2 is 1.43 bits per heavy atom. The summed E-state index contributed by atoms with van der Waals surface area (Å²) < 4.78 is 10.6. The zero-order chi connectivity index (χ0) is 20.7. The van der Waals surface area contributed by atoms with E-state index in [0.29, 0.717) is 12.0 Å². The molecule has 0 saturated heterocycles. The molecule has 2 aromatic rings. The Bertz CT molecular complexity index is 811. The fraction of sp³-hybridized carbons (Fsp3) is 0.333. The molecule has 28 heavy (non-hydrogen) atoms. The van der Waals surface area contributed by atoms with E-state index in [9.17, 15) is 9.59 Å². The van der Waals surface area contributed by atoms with Crippen molar-refractivity contribution in [3.8, 4) is 0 Å². The molecule has 0 fully saturated rings. The second-order valence-corrected chi connectivity index (χ2v) is 7.80. The molecule has 4 heteroatoms. The Kier molecular flexibility index (Phi) is 7.16. The van der Waals surface area contributed by atoms with Gasteiger partial charge in [0.05, 0.1) is 0 Å². The highest BCUT2D eigenvalue weighted by Gasteiger charge is 2.21. The zero-order valence-corrected chi connectivity index (χ0v) is 17.2. The van der Waals surface area contributed by atoms with Gasteiger partial charge in [-0.3, -0.25) is 9.59 Å². The fourth-order valence-electron chi connectivity index (χ4n) is 2.80. The highest BCUT2D eigenvalue weighted by Crippen LogP contribution is 2.24. The van der Waals surface area contributed by atoms with Crippen LogP contribution in [0, 0.1) is 0 Å². The SMILES string of the molecule is CC(=O)OC(OC(C)=O)/C(=C/c1ccc(C(C)(C)C)cc1)Cc1ccccc1. The molecule has 0 spiro atoms. The Hall–Kier alpha value is -2.88. The number of rotatable bonds is 6. The molecular weight excluding hydrogens is 352 g/mol. The molecule has 2 rings (SSSR count). The van der Waals surface area contributed by atoms with Crippen LogP contribution in [-0.4, -0.2) is 18.2 Å². The minimum Gasteiger partial charge on any atom is -0.421 e. The van der Waals surface area contributed by atoms with Crippen molar-refractivity contribution in [2.45, 2.75) is 52.7 Å². The van der Waals surface area contributed by atoms with E-state index in [1.807, 2.05) is 48.5 Å².